The molecule has 0 unspecified atom stereocenters. The third kappa shape index (κ3) is 2.40. The molecule has 0 amide bonds. The van der Waals surface area contributed by atoms with Crippen LogP contribution < -0.4 is 0 Å². The standard InChI is InChI=1S/C30H36O4/c1-18(2)12-13-28-17-20-16-21-26(3,4)14-15-29(21,23(28)32)25(34)30(24(28)33,27(20,5)6)22(31)19-10-8-7-9-11-19/h7-12,20-21H,13-17H2,1-6H3/t20-,21+,28-,29+,30-/m0/s1. The molecular weight excluding hydrogens is 424 g/mol. The van der Waals surface area contributed by atoms with E-state index in [0.717, 1.165) is 12.0 Å². The van der Waals surface area contributed by atoms with E-state index < -0.39 is 33.2 Å². The average Bonchev–Trinajstić information content (AvgIpc) is 2.96. The Morgan fingerprint density at radius 1 is 0.941 bits per heavy atom. The van der Waals surface area contributed by atoms with Gasteiger partial charge in [0, 0.05) is 5.56 Å². The van der Waals surface area contributed by atoms with E-state index in [2.05, 4.69) is 13.8 Å². The monoisotopic (exact) mass is 460 g/mol. The van der Waals surface area contributed by atoms with Crippen molar-refractivity contribution in [2.24, 2.45) is 38.9 Å². The minimum Gasteiger partial charge on any atom is -0.297 e. The van der Waals surface area contributed by atoms with Gasteiger partial charge in [-0.3, -0.25) is 19.2 Å². The zero-order valence-corrected chi connectivity index (χ0v) is 21.3. The number of rotatable bonds is 4. The Morgan fingerprint density at radius 2 is 1.59 bits per heavy atom. The molecular formula is C30H36O4. The maximum Gasteiger partial charge on any atom is 0.184 e. The summed E-state index contributed by atoms with van der Waals surface area (Å²) in [5.74, 6) is -1.62. The summed E-state index contributed by atoms with van der Waals surface area (Å²) in [7, 11) is 0. The highest BCUT2D eigenvalue weighted by atomic mass is 16.2. The molecule has 0 aliphatic heterocycles. The first-order chi connectivity index (χ1) is 15.8. The maximum absolute atomic E-state index is 14.9. The van der Waals surface area contributed by atoms with Gasteiger partial charge in [-0.2, -0.15) is 0 Å². The van der Waals surface area contributed by atoms with E-state index in [9.17, 15) is 19.2 Å². The molecule has 5 aliphatic rings. The van der Waals surface area contributed by atoms with E-state index >= 15 is 0 Å². The summed E-state index contributed by atoms with van der Waals surface area (Å²) in [6, 6.07) is 8.77. The van der Waals surface area contributed by atoms with Gasteiger partial charge in [0.15, 0.2) is 28.5 Å². The molecule has 4 bridgehead atoms. The lowest BCUT2D eigenvalue weighted by Crippen LogP contribution is -2.75. The van der Waals surface area contributed by atoms with Gasteiger partial charge >= 0.3 is 0 Å². The first-order valence-electron chi connectivity index (χ1n) is 12.7. The average molecular weight is 461 g/mol. The van der Waals surface area contributed by atoms with Gasteiger partial charge in [-0.1, -0.05) is 69.7 Å². The SMILES string of the molecule is CC(C)=CC[C@]12C[C@@H]3C[C@@H]4C(C)(C)CC[C@@]4(C1=O)C(=O)[C@](C(=O)c1ccccc1)(C2=O)C3(C)C. The second kappa shape index (κ2) is 6.86. The molecule has 0 radical (unpaired) electrons. The highest BCUT2D eigenvalue weighted by Crippen LogP contribution is 2.75. The molecule has 180 valence electrons. The van der Waals surface area contributed by atoms with Crippen LogP contribution in [0.4, 0.5) is 0 Å². The summed E-state index contributed by atoms with van der Waals surface area (Å²) in [5.41, 5.74) is -4.02. The third-order valence-electron chi connectivity index (χ3n) is 10.4. The van der Waals surface area contributed by atoms with E-state index in [4.69, 9.17) is 0 Å². The van der Waals surface area contributed by atoms with Crippen LogP contribution in [0, 0.1) is 38.9 Å². The van der Waals surface area contributed by atoms with Gasteiger partial charge in [0.1, 0.15) is 0 Å². The van der Waals surface area contributed by atoms with Gasteiger partial charge in [0.05, 0.1) is 10.8 Å². The van der Waals surface area contributed by atoms with Crippen molar-refractivity contribution in [1.29, 1.82) is 0 Å². The van der Waals surface area contributed by atoms with Crippen LogP contribution in [0.15, 0.2) is 42.0 Å². The molecule has 6 rings (SSSR count). The number of allylic oxidation sites excluding steroid dienone is 2. The first kappa shape index (κ1) is 23.4. The van der Waals surface area contributed by atoms with Crippen molar-refractivity contribution in [3.05, 3.63) is 47.5 Å². The molecule has 0 saturated heterocycles. The highest BCUT2D eigenvalue weighted by molar-refractivity contribution is 6.42. The van der Waals surface area contributed by atoms with Crippen molar-refractivity contribution in [2.75, 3.05) is 0 Å². The zero-order chi connectivity index (χ0) is 24.9. The number of hydrogen-bond acceptors (Lipinski definition) is 4. The van der Waals surface area contributed by atoms with Gasteiger partial charge in [-0.15, -0.1) is 0 Å². The predicted molar refractivity (Wildman–Crippen MR) is 130 cm³/mol. The van der Waals surface area contributed by atoms with Gasteiger partial charge in [0.2, 0.25) is 0 Å². The summed E-state index contributed by atoms with van der Waals surface area (Å²) in [6.07, 6.45) is 4.60. The van der Waals surface area contributed by atoms with E-state index in [1.807, 2.05) is 39.8 Å². The van der Waals surface area contributed by atoms with Gasteiger partial charge in [-0.25, -0.2) is 0 Å². The van der Waals surface area contributed by atoms with Crippen molar-refractivity contribution in [2.45, 2.75) is 73.6 Å². The molecule has 1 aromatic carbocycles. The van der Waals surface area contributed by atoms with Crippen molar-refractivity contribution in [3.8, 4) is 0 Å². The summed E-state index contributed by atoms with van der Waals surface area (Å²) < 4.78 is 0. The van der Waals surface area contributed by atoms with Gasteiger partial charge < -0.3 is 0 Å². The minimum absolute atomic E-state index is 0.0666. The smallest absolute Gasteiger partial charge is 0.184 e. The van der Waals surface area contributed by atoms with Crippen LogP contribution in [0.3, 0.4) is 0 Å². The Kier molecular flexibility index (Phi) is 4.72. The molecule has 34 heavy (non-hydrogen) atoms. The van der Waals surface area contributed by atoms with Gasteiger partial charge in [0.25, 0.3) is 0 Å². The first-order valence-corrected chi connectivity index (χ1v) is 12.7. The molecule has 4 heteroatoms. The van der Waals surface area contributed by atoms with E-state index in [1.165, 1.54) is 0 Å². The highest BCUT2D eigenvalue weighted by Gasteiger charge is 2.85. The van der Waals surface area contributed by atoms with E-state index in [-0.39, 0.29) is 35.2 Å². The van der Waals surface area contributed by atoms with Crippen LogP contribution >= 0.6 is 0 Å². The molecule has 5 saturated carbocycles. The van der Waals surface area contributed by atoms with Crippen LogP contribution in [0.5, 0.6) is 0 Å². The molecule has 0 N–H and O–H groups in total. The lowest BCUT2D eigenvalue weighted by molar-refractivity contribution is -0.181. The molecule has 5 aliphatic carbocycles. The van der Waals surface area contributed by atoms with Crippen LogP contribution in [0.1, 0.15) is 84.0 Å². The second-order valence-corrected chi connectivity index (χ2v) is 12.9. The van der Waals surface area contributed by atoms with Gasteiger partial charge in [-0.05, 0) is 68.6 Å². The van der Waals surface area contributed by atoms with Crippen molar-refractivity contribution in [1.82, 2.24) is 0 Å². The number of ketones is 4. The molecule has 4 nitrogen and oxygen atoms in total. The number of Topliss-reactive ketones (excluding diaryl/α,β-unsaturated/α-hetero) is 4. The van der Waals surface area contributed by atoms with Crippen molar-refractivity contribution in [3.63, 3.8) is 0 Å². The fraction of sp³-hybridized carbons (Fsp3) is 0.600. The maximum atomic E-state index is 14.9. The van der Waals surface area contributed by atoms with Crippen LogP contribution in [0.2, 0.25) is 0 Å². The van der Waals surface area contributed by atoms with Crippen molar-refractivity contribution < 1.29 is 19.2 Å². The largest absolute Gasteiger partial charge is 0.297 e. The molecule has 5 fully saturated rings. The summed E-state index contributed by atoms with van der Waals surface area (Å²) in [5, 5.41) is 0. The number of hydrogen-bond donors (Lipinski definition) is 0. The number of benzene rings is 1. The van der Waals surface area contributed by atoms with Crippen LogP contribution in [-0.2, 0) is 14.4 Å². The minimum atomic E-state index is -1.82. The van der Waals surface area contributed by atoms with Crippen LogP contribution in [0.25, 0.3) is 0 Å². The summed E-state index contributed by atoms with van der Waals surface area (Å²) >= 11 is 0. The number of carbonyl (C=O) groups is 4. The fourth-order valence-electron chi connectivity index (χ4n) is 8.40. The predicted octanol–water partition coefficient (Wildman–Crippen LogP) is 5.79. The summed E-state index contributed by atoms with van der Waals surface area (Å²) in [4.78, 5) is 58.6. The molecule has 1 aromatic rings. The molecule has 0 heterocycles. The lowest BCUT2D eigenvalue weighted by Gasteiger charge is -2.60. The Balaban J connectivity index is 1.87. The van der Waals surface area contributed by atoms with Crippen molar-refractivity contribution >= 4 is 23.1 Å². The van der Waals surface area contributed by atoms with E-state index in [0.29, 0.717) is 24.8 Å². The fourth-order valence-corrected chi connectivity index (χ4v) is 8.40. The Morgan fingerprint density at radius 3 is 2.21 bits per heavy atom. The van der Waals surface area contributed by atoms with E-state index in [1.54, 1.807) is 24.3 Å². The van der Waals surface area contributed by atoms with Crippen LogP contribution in [-0.4, -0.2) is 23.1 Å². The Labute approximate surface area is 202 Å². The lowest BCUT2D eigenvalue weighted by atomic mass is 9.37. The molecule has 5 atom stereocenters. The molecule has 1 spiro atoms. The molecule has 0 aromatic heterocycles. The second-order valence-electron chi connectivity index (χ2n) is 12.9. The third-order valence-corrected chi connectivity index (χ3v) is 10.4. The topological polar surface area (TPSA) is 68.3 Å². The zero-order valence-electron chi connectivity index (χ0n) is 21.3. The normalized spacial score (nSPS) is 39.1. The Bertz CT molecular complexity index is 1150. The quantitative estimate of drug-likeness (QED) is 0.324. The summed E-state index contributed by atoms with van der Waals surface area (Å²) in [6.45, 7) is 12.1. The Hall–Kier alpha value is -2.36. The number of carbonyl (C=O) groups excluding carboxylic acids is 4.